The summed E-state index contributed by atoms with van der Waals surface area (Å²) in [6, 6.07) is 18.2. The van der Waals surface area contributed by atoms with Crippen molar-refractivity contribution in [2.45, 2.75) is 20.3 Å². The normalized spacial score (nSPS) is 10.6. The first-order valence-electron chi connectivity index (χ1n) is 10.5. The number of benzene rings is 2. The van der Waals surface area contributed by atoms with E-state index in [2.05, 4.69) is 21.6 Å². The van der Waals surface area contributed by atoms with Crippen molar-refractivity contribution >= 4 is 28.5 Å². The SMILES string of the molecule is Cc1c(C#N)c(NC(=O)COC(=O)Cc2n[nH]c(=O)c3ccccc23)n(-c2ccccc2)c1C. The van der Waals surface area contributed by atoms with Gasteiger partial charge in [-0.2, -0.15) is 10.4 Å². The number of esters is 1. The quantitative estimate of drug-likeness (QED) is 0.430. The fourth-order valence-electron chi connectivity index (χ4n) is 3.77. The Morgan fingerprint density at radius 1 is 1.09 bits per heavy atom. The molecule has 4 aromatic rings. The Labute approximate surface area is 194 Å². The molecule has 1 amide bonds. The van der Waals surface area contributed by atoms with Gasteiger partial charge in [0.15, 0.2) is 6.61 Å². The Morgan fingerprint density at radius 3 is 2.47 bits per heavy atom. The van der Waals surface area contributed by atoms with Gasteiger partial charge in [0.1, 0.15) is 11.9 Å². The van der Waals surface area contributed by atoms with E-state index in [-0.39, 0.29) is 12.0 Å². The summed E-state index contributed by atoms with van der Waals surface area (Å²) in [7, 11) is 0. The van der Waals surface area contributed by atoms with Crippen LogP contribution in [-0.4, -0.2) is 33.2 Å². The van der Waals surface area contributed by atoms with Crippen LogP contribution in [0.2, 0.25) is 0 Å². The number of nitriles is 1. The van der Waals surface area contributed by atoms with Crippen LogP contribution in [0, 0.1) is 25.2 Å². The molecular weight excluding hydrogens is 434 g/mol. The molecule has 2 aromatic carbocycles. The van der Waals surface area contributed by atoms with Gasteiger partial charge in [-0.25, -0.2) is 5.10 Å². The van der Waals surface area contributed by atoms with Crippen LogP contribution in [0.1, 0.15) is 22.5 Å². The molecule has 0 aliphatic rings. The zero-order chi connectivity index (χ0) is 24.2. The number of carbonyl (C=O) groups excluding carboxylic acids is 2. The predicted octanol–water partition coefficient (Wildman–Crippen LogP) is 2.93. The summed E-state index contributed by atoms with van der Waals surface area (Å²) in [5.41, 5.74) is 2.67. The van der Waals surface area contributed by atoms with E-state index in [1.54, 1.807) is 28.8 Å². The highest BCUT2D eigenvalue weighted by Gasteiger charge is 2.21. The number of carbonyl (C=O) groups is 2. The van der Waals surface area contributed by atoms with E-state index < -0.39 is 18.5 Å². The van der Waals surface area contributed by atoms with E-state index in [4.69, 9.17) is 4.74 Å². The van der Waals surface area contributed by atoms with Crippen LogP contribution in [-0.2, 0) is 20.7 Å². The molecule has 2 heterocycles. The second-order valence-corrected chi connectivity index (χ2v) is 7.65. The minimum Gasteiger partial charge on any atom is -0.455 e. The Morgan fingerprint density at radius 2 is 1.76 bits per heavy atom. The highest BCUT2D eigenvalue weighted by atomic mass is 16.5. The number of ether oxygens (including phenoxy) is 1. The first-order valence-corrected chi connectivity index (χ1v) is 10.5. The molecule has 0 radical (unpaired) electrons. The van der Waals surface area contributed by atoms with Crippen molar-refractivity contribution in [3.8, 4) is 11.8 Å². The molecule has 0 atom stereocenters. The standard InChI is InChI=1S/C25H21N5O4/c1-15-16(2)30(17-8-4-3-5-9-17)24(20(15)13-26)27-22(31)14-34-23(32)12-21-18-10-6-7-11-19(18)25(33)29-28-21/h3-11H,12,14H2,1-2H3,(H,27,31)(H,29,33). The first kappa shape index (κ1) is 22.5. The number of anilines is 1. The van der Waals surface area contributed by atoms with Gasteiger partial charge in [-0.15, -0.1) is 0 Å². The molecule has 9 heteroatoms. The number of para-hydroxylation sites is 1. The number of rotatable bonds is 6. The summed E-state index contributed by atoms with van der Waals surface area (Å²) in [4.78, 5) is 36.9. The van der Waals surface area contributed by atoms with Crippen LogP contribution in [0.15, 0.2) is 59.4 Å². The van der Waals surface area contributed by atoms with Crippen LogP contribution in [0.5, 0.6) is 0 Å². The second-order valence-electron chi connectivity index (χ2n) is 7.65. The second kappa shape index (κ2) is 9.42. The minimum absolute atomic E-state index is 0.216. The van der Waals surface area contributed by atoms with E-state index in [1.807, 2.05) is 44.2 Å². The molecule has 34 heavy (non-hydrogen) atoms. The molecule has 0 bridgehead atoms. The van der Waals surface area contributed by atoms with Gasteiger partial charge in [0.05, 0.1) is 23.1 Å². The Hall–Kier alpha value is -4.71. The van der Waals surface area contributed by atoms with Gasteiger partial charge in [0.25, 0.3) is 11.5 Å². The molecule has 0 aliphatic carbocycles. The Balaban J connectivity index is 1.49. The molecule has 170 valence electrons. The van der Waals surface area contributed by atoms with Crippen LogP contribution >= 0.6 is 0 Å². The average Bonchev–Trinajstić information content (AvgIpc) is 3.09. The van der Waals surface area contributed by atoms with Crippen LogP contribution in [0.4, 0.5) is 5.82 Å². The zero-order valence-corrected chi connectivity index (χ0v) is 18.6. The molecule has 2 N–H and O–H groups in total. The van der Waals surface area contributed by atoms with Crippen molar-refractivity contribution in [2.75, 3.05) is 11.9 Å². The third-order valence-corrected chi connectivity index (χ3v) is 5.55. The lowest BCUT2D eigenvalue weighted by Gasteiger charge is -2.13. The molecule has 0 unspecified atom stereocenters. The molecule has 2 aromatic heterocycles. The number of amides is 1. The molecular formula is C25H21N5O4. The number of nitrogens with zero attached hydrogens (tertiary/aromatic N) is 3. The first-order chi connectivity index (χ1) is 16.4. The van der Waals surface area contributed by atoms with Crippen LogP contribution < -0.4 is 10.9 Å². The maximum Gasteiger partial charge on any atom is 0.312 e. The van der Waals surface area contributed by atoms with Crippen molar-refractivity contribution in [1.29, 1.82) is 5.26 Å². The van der Waals surface area contributed by atoms with E-state index >= 15 is 0 Å². The van der Waals surface area contributed by atoms with Gasteiger partial charge in [-0.05, 0) is 37.6 Å². The molecule has 0 saturated carbocycles. The van der Waals surface area contributed by atoms with Gasteiger partial charge in [-0.1, -0.05) is 36.4 Å². The average molecular weight is 455 g/mol. The fraction of sp³-hybridized carbons (Fsp3) is 0.160. The third kappa shape index (κ3) is 4.29. The van der Waals surface area contributed by atoms with E-state index in [1.165, 1.54) is 0 Å². The van der Waals surface area contributed by atoms with E-state index in [0.717, 1.165) is 16.9 Å². The number of aromatic nitrogens is 3. The fourth-order valence-corrected chi connectivity index (χ4v) is 3.77. The number of hydrogen-bond donors (Lipinski definition) is 2. The van der Waals surface area contributed by atoms with Crippen molar-refractivity contribution in [3.63, 3.8) is 0 Å². The molecule has 9 nitrogen and oxygen atoms in total. The summed E-state index contributed by atoms with van der Waals surface area (Å²) in [5, 5.41) is 19.6. The molecule has 0 saturated heterocycles. The lowest BCUT2D eigenvalue weighted by atomic mass is 10.1. The molecule has 0 aliphatic heterocycles. The topological polar surface area (TPSA) is 130 Å². The van der Waals surface area contributed by atoms with Crippen molar-refractivity contribution in [2.24, 2.45) is 0 Å². The minimum atomic E-state index is -0.675. The molecule has 0 spiro atoms. The van der Waals surface area contributed by atoms with Gasteiger partial charge < -0.3 is 10.1 Å². The van der Waals surface area contributed by atoms with Crippen molar-refractivity contribution in [1.82, 2.24) is 14.8 Å². The van der Waals surface area contributed by atoms with Gasteiger partial charge in [0.2, 0.25) is 0 Å². The zero-order valence-electron chi connectivity index (χ0n) is 18.6. The number of fused-ring (bicyclic) bond motifs is 1. The largest absolute Gasteiger partial charge is 0.455 e. The summed E-state index contributed by atoms with van der Waals surface area (Å²) in [6.07, 6.45) is -0.216. The van der Waals surface area contributed by atoms with Crippen LogP contribution in [0.25, 0.3) is 16.5 Å². The monoisotopic (exact) mass is 455 g/mol. The summed E-state index contributed by atoms with van der Waals surface area (Å²) in [5.74, 6) is -0.942. The Kier molecular flexibility index (Phi) is 6.23. The maximum absolute atomic E-state index is 12.6. The summed E-state index contributed by atoms with van der Waals surface area (Å²) >= 11 is 0. The highest BCUT2D eigenvalue weighted by Crippen LogP contribution is 2.29. The number of hydrogen-bond acceptors (Lipinski definition) is 6. The van der Waals surface area contributed by atoms with Crippen molar-refractivity contribution < 1.29 is 14.3 Å². The molecule has 4 rings (SSSR count). The van der Waals surface area contributed by atoms with Gasteiger partial charge in [-0.3, -0.25) is 19.0 Å². The third-order valence-electron chi connectivity index (χ3n) is 5.55. The number of aromatic amines is 1. The summed E-state index contributed by atoms with van der Waals surface area (Å²) in [6.45, 7) is 3.13. The van der Waals surface area contributed by atoms with E-state index in [0.29, 0.717) is 27.8 Å². The highest BCUT2D eigenvalue weighted by molar-refractivity contribution is 5.94. The lowest BCUT2D eigenvalue weighted by molar-refractivity contribution is -0.146. The van der Waals surface area contributed by atoms with Gasteiger partial charge in [0, 0.05) is 16.8 Å². The lowest BCUT2D eigenvalue weighted by Crippen LogP contribution is -2.24. The summed E-state index contributed by atoms with van der Waals surface area (Å²) < 4.78 is 6.92. The number of nitrogens with one attached hydrogen (secondary N) is 2. The van der Waals surface area contributed by atoms with Crippen molar-refractivity contribution in [3.05, 3.63) is 87.5 Å². The smallest absolute Gasteiger partial charge is 0.312 e. The van der Waals surface area contributed by atoms with E-state index in [9.17, 15) is 19.6 Å². The molecule has 0 fully saturated rings. The number of H-pyrrole nitrogens is 1. The Bertz CT molecular complexity index is 1500. The van der Waals surface area contributed by atoms with Crippen LogP contribution in [0.3, 0.4) is 0 Å². The maximum atomic E-state index is 12.6. The van der Waals surface area contributed by atoms with Gasteiger partial charge >= 0.3 is 5.97 Å². The predicted molar refractivity (Wildman–Crippen MR) is 126 cm³/mol.